The van der Waals surface area contributed by atoms with Crippen LogP contribution < -0.4 is 9.64 Å². The molecule has 6 nitrogen and oxygen atoms in total. The van der Waals surface area contributed by atoms with Gasteiger partial charge in [-0.3, -0.25) is 0 Å². The lowest BCUT2D eigenvalue weighted by molar-refractivity contribution is 0.283. The van der Waals surface area contributed by atoms with Crippen molar-refractivity contribution in [3.8, 4) is 6.01 Å². The lowest BCUT2D eigenvalue weighted by atomic mass is 10.2. The van der Waals surface area contributed by atoms with Gasteiger partial charge < -0.3 is 14.7 Å². The van der Waals surface area contributed by atoms with Gasteiger partial charge in [0, 0.05) is 20.2 Å². The van der Waals surface area contributed by atoms with Gasteiger partial charge in [-0.1, -0.05) is 0 Å². The van der Waals surface area contributed by atoms with Crippen molar-refractivity contribution >= 4 is 17.5 Å². The molecule has 1 aromatic rings. The number of aliphatic hydroxyl groups is 1. The van der Waals surface area contributed by atoms with Gasteiger partial charge in [0.15, 0.2) is 0 Å². The maximum absolute atomic E-state index is 8.67. The van der Waals surface area contributed by atoms with E-state index in [1.54, 1.807) is 0 Å². The molecule has 1 N–H and O–H groups in total. The smallest absolute Gasteiger partial charge is 0.322 e. The quantitative estimate of drug-likeness (QED) is 0.741. The molecule has 0 saturated carbocycles. The Hall–Kier alpha value is -1.14. The minimum Gasteiger partial charge on any atom is -0.467 e. The molecule has 0 aromatic carbocycles. The molecule has 1 aromatic heterocycles. The lowest BCUT2D eigenvalue weighted by Crippen LogP contribution is -2.21. The highest BCUT2D eigenvalue weighted by Crippen LogP contribution is 2.14. The van der Waals surface area contributed by atoms with Crippen molar-refractivity contribution in [1.29, 1.82) is 0 Å². The molecule has 0 bridgehead atoms. The summed E-state index contributed by atoms with van der Waals surface area (Å²) < 4.78 is 4.92. The first kappa shape index (κ1) is 13.9. The third kappa shape index (κ3) is 4.70. The van der Waals surface area contributed by atoms with Crippen LogP contribution in [0.5, 0.6) is 6.01 Å². The summed E-state index contributed by atoms with van der Waals surface area (Å²) in [7, 11) is 3.36. The van der Waals surface area contributed by atoms with E-state index < -0.39 is 0 Å². The highest BCUT2D eigenvalue weighted by atomic mass is 35.5. The Balaban J connectivity index is 2.55. The number of rotatable bonds is 7. The first-order chi connectivity index (χ1) is 8.17. The molecule has 0 aliphatic rings. The first-order valence-corrected chi connectivity index (χ1v) is 5.82. The molecular formula is C10H17ClN4O2. The molecule has 1 rings (SSSR count). The van der Waals surface area contributed by atoms with Gasteiger partial charge in [-0.05, 0) is 30.9 Å². The van der Waals surface area contributed by atoms with E-state index in [0.29, 0.717) is 5.95 Å². The fourth-order valence-electron chi connectivity index (χ4n) is 1.32. The van der Waals surface area contributed by atoms with Crippen LogP contribution in [-0.4, -0.2) is 47.4 Å². The van der Waals surface area contributed by atoms with Crippen LogP contribution in [0, 0.1) is 0 Å². The topological polar surface area (TPSA) is 71.4 Å². The van der Waals surface area contributed by atoms with Gasteiger partial charge in [-0.25, -0.2) is 0 Å². The van der Waals surface area contributed by atoms with Crippen LogP contribution >= 0.6 is 11.6 Å². The maximum Gasteiger partial charge on any atom is 0.322 e. The zero-order valence-electron chi connectivity index (χ0n) is 10.1. The van der Waals surface area contributed by atoms with E-state index in [0.717, 1.165) is 25.8 Å². The fraction of sp³-hybridized carbons (Fsp3) is 0.700. The van der Waals surface area contributed by atoms with Crippen LogP contribution in [-0.2, 0) is 0 Å². The van der Waals surface area contributed by atoms with Gasteiger partial charge in [-0.2, -0.15) is 15.0 Å². The van der Waals surface area contributed by atoms with Crippen molar-refractivity contribution in [3.63, 3.8) is 0 Å². The predicted molar refractivity (Wildman–Crippen MR) is 65.6 cm³/mol. The number of anilines is 1. The van der Waals surface area contributed by atoms with Crippen LogP contribution in [0.4, 0.5) is 5.95 Å². The summed E-state index contributed by atoms with van der Waals surface area (Å²) in [4.78, 5) is 13.8. The molecule has 0 amide bonds. The standard InChI is InChI=1S/C10H17ClN4O2/c1-15(6-4-3-5-7-16)9-12-8(11)13-10(14-9)17-2/h16H,3-7H2,1-2H3. The van der Waals surface area contributed by atoms with Crippen molar-refractivity contribution in [3.05, 3.63) is 5.28 Å². The molecule has 0 unspecified atom stereocenters. The Kier molecular flexibility index (Phi) is 5.93. The first-order valence-electron chi connectivity index (χ1n) is 5.45. The summed E-state index contributed by atoms with van der Waals surface area (Å²) in [6, 6.07) is 0.210. The average Bonchev–Trinajstić information content (AvgIpc) is 2.33. The average molecular weight is 261 g/mol. The minimum absolute atomic E-state index is 0.119. The summed E-state index contributed by atoms with van der Waals surface area (Å²) >= 11 is 5.75. The van der Waals surface area contributed by atoms with Crippen LogP contribution in [0.15, 0.2) is 0 Å². The zero-order chi connectivity index (χ0) is 12.7. The monoisotopic (exact) mass is 260 g/mol. The fourth-order valence-corrected chi connectivity index (χ4v) is 1.47. The SMILES string of the molecule is COc1nc(Cl)nc(N(C)CCCCCO)n1. The van der Waals surface area contributed by atoms with Crippen molar-refractivity contribution in [2.24, 2.45) is 0 Å². The number of unbranched alkanes of at least 4 members (excludes halogenated alkanes) is 2. The van der Waals surface area contributed by atoms with E-state index >= 15 is 0 Å². The molecule has 0 radical (unpaired) electrons. The second-order valence-corrected chi connectivity index (χ2v) is 3.94. The maximum atomic E-state index is 8.67. The van der Waals surface area contributed by atoms with E-state index in [1.165, 1.54) is 7.11 Å². The normalized spacial score (nSPS) is 10.4. The van der Waals surface area contributed by atoms with Crippen LogP contribution in [0.2, 0.25) is 5.28 Å². The number of nitrogens with zero attached hydrogens (tertiary/aromatic N) is 4. The van der Waals surface area contributed by atoms with Crippen LogP contribution in [0.3, 0.4) is 0 Å². The number of methoxy groups -OCH3 is 1. The number of halogens is 1. The van der Waals surface area contributed by atoms with Gasteiger partial charge in [-0.15, -0.1) is 0 Å². The van der Waals surface area contributed by atoms with Crippen LogP contribution in [0.1, 0.15) is 19.3 Å². The van der Waals surface area contributed by atoms with Crippen molar-refractivity contribution in [1.82, 2.24) is 15.0 Å². The number of aliphatic hydroxyl groups excluding tert-OH is 1. The second kappa shape index (κ2) is 7.24. The molecule has 96 valence electrons. The summed E-state index contributed by atoms with van der Waals surface area (Å²) in [6.07, 6.45) is 2.74. The molecule has 0 fully saturated rings. The highest BCUT2D eigenvalue weighted by molar-refractivity contribution is 6.28. The molecule has 0 aliphatic heterocycles. The highest BCUT2D eigenvalue weighted by Gasteiger charge is 2.09. The number of hydrogen-bond acceptors (Lipinski definition) is 6. The van der Waals surface area contributed by atoms with E-state index in [1.807, 2.05) is 11.9 Å². The molecule has 7 heteroatoms. The summed E-state index contributed by atoms with van der Waals surface area (Å²) in [5, 5.41) is 8.79. The number of hydrogen-bond donors (Lipinski definition) is 1. The van der Waals surface area contributed by atoms with E-state index in [9.17, 15) is 0 Å². The Morgan fingerprint density at radius 1 is 1.24 bits per heavy atom. The minimum atomic E-state index is 0.119. The lowest BCUT2D eigenvalue weighted by Gasteiger charge is -2.16. The van der Waals surface area contributed by atoms with E-state index in [4.69, 9.17) is 21.4 Å². The van der Waals surface area contributed by atoms with Crippen molar-refractivity contribution in [2.45, 2.75) is 19.3 Å². The third-order valence-electron chi connectivity index (χ3n) is 2.25. The van der Waals surface area contributed by atoms with Crippen molar-refractivity contribution in [2.75, 3.05) is 32.2 Å². The van der Waals surface area contributed by atoms with E-state index in [2.05, 4.69) is 15.0 Å². The third-order valence-corrected chi connectivity index (χ3v) is 2.42. The van der Waals surface area contributed by atoms with Crippen molar-refractivity contribution < 1.29 is 9.84 Å². The predicted octanol–water partition coefficient (Wildman–Crippen LogP) is 1.13. The number of aromatic nitrogens is 3. The molecule has 0 aliphatic carbocycles. The zero-order valence-corrected chi connectivity index (χ0v) is 10.8. The summed E-state index contributed by atoms with van der Waals surface area (Å²) in [5.74, 6) is 0.492. The largest absolute Gasteiger partial charge is 0.467 e. The van der Waals surface area contributed by atoms with Crippen LogP contribution in [0.25, 0.3) is 0 Å². The molecule has 1 heterocycles. The van der Waals surface area contributed by atoms with Gasteiger partial charge in [0.25, 0.3) is 0 Å². The number of ether oxygens (including phenoxy) is 1. The van der Waals surface area contributed by atoms with Gasteiger partial charge in [0.2, 0.25) is 11.2 Å². The second-order valence-electron chi connectivity index (χ2n) is 3.60. The Morgan fingerprint density at radius 3 is 2.65 bits per heavy atom. The van der Waals surface area contributed by atoms with Gasteiger partial charge in [0.05, 0.1) is 7.11 Å². The summed E-state index contributed by atoms with van der Waals surface area (Å²) in [6.45, 7) is 1.03. The molecule has 17 heavy (non-hydrogen) atoms. The Bertz CT molecular complexity index is 351. The van der Waals surface area contributed by atoms with Gasteiger partial charge >= 0.3 is 6.01 Å². The molecular weight excluding hydrogens is 244 g/mol. The van der Waals surface area contributed by atoms with Gasteiger partial charge in [0.1, 0.15) is 0 Å². The molecule has 0 atom stereocenters. The van der Waals surface area contributed by atoms with E-state index in [-0.39, 0.29) is 17.9 Å². The molecule has 0 spiro atoms. The molecule has 0 saturated heterocycles. The Labute approximate surface area is 106 Å². The Morgan fingerprint density at radius 2 is 2.00 bits per heavy atom. The summed E-state index contributed by atoms with van der Waals surface area (Å²) in [5.41, 5.74) is 0.